The van der Waals surface area contributed by atoms with Crippen molar-refractivity contribution in [3.05, 3.63) is 42.0 Å². The van der Waals surface area contributed by atoms with Gasteiger partial charge in [-0.05, 0) is 44.2 Å². The maximum Gasteiger partial charge on any atom is 0.422 e. The number of rotatable bonds is 10. The van der Waals surface area contributed by atoms with Crippen molar-refractivity contribution in [3.63, 3.8) is 0 Å². The molecule has 0 spiro atoms. The van der Waals surface area contributed by atoms with Crippen molar-refractivity contribution in [2.24, 2.45) is 0 Å². The Bertz CT molecular complexity index is 942. The molecule has 0 unspecified atom stereocenters. The van der Waals surface area contributed by atoms with Gasteiger partial charge in [0.2, 0.25) is 5.91 Å². The van der Waals surface area contributed by atoms with E-state index >= 15 is 0 Å². The summed E-state index contributed by atoms with van der Waals surface area (Å²) in [6, 6.07) is 10.8. The summed E-state index contributed by atoms with van der Waals surface area (Å²) in [5, 5.41) is 14.7. The van der Waals surface area contributed by atoms with Crippen LogP contribution in [-0.4, -0.2) is 38.4 Å². The molecule has 0 aliphatic carbocycles. The highest BCUT2D eigenvalue weighted by molar-refractivity contribution is 5.94. The van der Waals surface area contributed by atoms with Crippen molar-refractivity contribution in [3.8, 4) is 23.3 Å². The zero-order valence-electron chi connectivity index (χ0n) is 17.0. The lowest BCUT2D eigenvalue weighted by molar-refractivity contribution is -0.153. The Balaban J connectivity index is 1.98. The average Bonchev–Trinajstić information content (AvgIpc) is 2.72. The van der Waals surface area contributed by atoms with Gasteiger partial charge in [-0.25, -0.2) is 0 Å². The lowest BCUT2D eigenvalue weighted by Gasteiger charge is -2.14. The van der Waals surface area contributed by atoms with Gasteiger partial charge in [-0.3, -0.25) is 4.79 Å². The van der Waals surface area contributed by atoms with E-state index in [0.29, 0.717) is 36.1 Å². The summed E-state index contributed by atoms with van der Waals surface area (Å²) in [7, 11) is 0. The Hall–Kier alpha value is -3.61. The lowest BCUT2D eigenvalue weighted by Crippen LogP contribution is -2.22. The van der Waals surface area contributed by atoms with Crippen LogP contribution in [0.3, 0.4) is 0 Å². The number of benzene rings is 2. The molecule has 2 aromatic carbocycles. The van der Waals surface area contributed by atoms with Crippen LogP contribution in [0.15, 0.2) is 36.4 Å². The van der Waals surface area contributed by atoms with Crippen molar-refractivity contribution in [2.75, 3.05) is 37.0 Å². The first kappa shape index (κ1) is 23.7. The highest BCUT2D eigenvalue weighted by Crippen LogP contribution is 2.30. The average molecular weight is 437 g/mol. The van der Waals surface area contributed by atoms with Gasteiger partial charge >= 0.3 is 6.18 Å². The van der Waals surface area contributed by atoms with E-state index in [2.05, 4.69) is 15.4 Å². The Morgan fingerprint density at radius 3 is 2.26 bits per heavy atom. The largest absolute Gasteiger partial charge is 0.490 e. The first-order valence-electron chi connectivity index (χ1n) is 9.42. The van der Waals surface area contributed by atoms with E-state index < -0.39 is 12.8 Å². The molecular formula is C21H22F3N3O4. The smallest absolute Gasteiger partial charge is 0.422 e. The number of hydrogen-bond acceptors (Lipinski definition) is 6. The third-order valence-electron chi connectivity index (χ3n) is 3.77. The van der Waals surface area contributed by atoms with Crippen molar-refractivity contribution >= 4 is 17.3 Å². The fourth-order valence-electron chi connectivity index (χ4n) is 2.53. The minimum atomic E-state index is -4.51. The zero-order valence-corrected chi connectivity index (χ0v) is 17.0. The Labute approximate surface area is 177 Å². The summed E-state index contributed by atoms with van der Waals surface area (Å²) >= 11 is 0. The molecule has 7 nitrogen and oxygen atoms in total. The van der Waals surface area contributed by atoms with Crippen LogP contribution in [0, 0.1) is 11.3 Å². The van der Waals surface area contributed by atoms with Crippen LogP contribution in [0.2, 0.25) is 0 Å². The molecule has 0 atom stereocenters. The third-order valence-corrected chi connectivity index (χ3v) is 3.77. The van der Waals surface area contributed by atoms with Crippen LogP contribution in [-0.2, 0) is 4.79 Å². The van der Waals surface area contributed by atoms with E-state index in [0.717, 1.165) is 0 Å². The van der Waals surface area contributed by atoms with Crippen LogP contribution in [0.25, 0.3) is 0 Å². The monoisotopic (exact) mass is 437 g/mol. The van der Waals surface area contributed by atoms with Gasteiger partial charge in [-0.2, -0.15) is 18.4 Å². The number of anilines is 2. The Kier molecular flexibility index (Phi) is 8.37. The number of nitriles is 1. The van der Waals surface area contributed by atoms with Gasteiger partial charge < -0.3 is 24.8 Å². The molecule has 0 bridgehead atoms. The predicted molar refractivity (Wildman–Crippen MR) is 109 cm³/mol. The van der Waals surface area contributed by atoms with Gasteiger partial charge in [0.15, 0.2) is 18.1 Å². The summed E-state index contributed by atoms with van der Waals surface area (Å²) in [6.45, 7) is 2.96. The molecule has 0 aromatic heterocycles. The zero-order chi connectivity index (χ0) is 22.9. The van der Waals surface area contributed by atoms with E-state index in [-0.39, 0.29) is 23.8 Å². The Morgan fingerprint density at radius 2 is 1.61 bits per heavy atom. The molecule has 2 aromatic rings. The molecule has 0 heterocycles. The maximum absolute atomic E-state index is 12.3. The second kappa shape index (κ2) is 11.0. The summed E-state index contributed by atoms with van der Waals surface area (Å²) in [4.78, 5) is 12.2. The number of hydrogen-bond donors (Lipinski definition) is 2. The van der Waals surface area contributed by atoms with Gasteiger partial charge in [-0.15, -0.1) is 0 Å². The van der Waals surface area contributed by atoms with E-state index in [1.807, 2.05) is 13.8 Å². The van der Waals surface area contributed by atoms with Crippen LogP contribution in [0.1, 0.15) is 19.4 Å². The molecule has 2 rings (SSSR count). The number of halogens is 3. The first-order valence-corrected chi connectivity index (χ1v) is 9.42. The summed E-state index contributed by atoms with van der Waals surface area (Å²) in [6.07, 6.45) is -4.51. The fraction of sp³-hybridized carbons (Fsp3) is 0.333. The fourth-order valence-corrected chi connectivity index (χ4v) is 2.53. The van der Waals surface area contributed by atoms with E-state index in [1.54, 1.807) is 24.3 Å². The molecule has 2 N–H and O–H groups in total. The van der Waals surface area contributed by atoms with E-state index in [9.17, 15) is 18.0 Å². The second-order valence-corrected chi connectivity index (χ2v) is 6.16. The molecule has 31 heavy (non-hydrogen) atoms. The molecule has 166 valence electrons. The Morgan fingerprint density at radius 1 is 0.968 bits per heavy atom. The summed E-state index contributed by atoms with van der Waals surface area (Å²) in [5.74, 6) is 0.510. The molecule has 0 saturated carbocycles. The lowest BCUT2D eigenvalue weighted by atomic mass is 10.2. The summed E-state index contributed by atoms with van der Waals surface area (Å²) < 4.78 is 52.5. The van der Waals surface area contributed by atoms with Gasteiger partial charge in [0.1, 0.15) is 11.8 Å². The molecule has 0 radical (unpaired) electrons. The predicted octanol–water partition coefficient (Wildman–Crippen LogP) is 4.35. The standard InChI is InChI=1S/C21H22F3N3O4/c1-3-29-18-8-6-16(10-19(18)30-4-2)27-20(28)12-26-15-5-7-17(14(9-15)11-25)31-13-21(22,23)24/h5-10,26H,3-4,12-13H2,1-2H3,(H,27,28). The van der Waals surface area contributed by atoms with Crippen molar-refractivity contribution < 1.29 is 32.2 Å². The van der Waals surface area contributed by atoms with Crippen LogP contribution in [0.4, 0.5) is 24.5 Å². The molecule has 10 heteroatoms. The number of amides is 1. The first-order chi connectivity index (χ1) is 14.8. The van der Waals surface area contributed by atoms with Crippen molar-refractivity contribution in [1.82, 2.24) is 0 Å². The van der Waals surface area contributed by atoms with Crippen molar-refractivity contribution in [2.45, 2.75) is 20.0 Å². The van der Waals surface area contributed by atoms with Crippen LogP contribution >= 0.6 is 0 Å². The molecule has 0 saturated heterocycles. The highest BCUT2D eigenvalue weighted by Gasteiger charge is 2.28. The number of ether oxygens (including phenoxy) is 3. The quantitative estimate of drug-likeness (QED) is 0.574. The van der Waals surface area contributed by atoms with Crippen molar-refractivity contribution in [1.29, 1.82) is 5.26 Å². The van der Waals surface area contributed by atoms with Crippen LogP contribution < -0.4 is 24.8 Å². The highest BCUT2D eigenvalue weighted by atomic mass is 19.4. The van der Waals surface area contributed by atoms with E-state index in [1.165, 1.54) is 18.2 Å². The number of nitrogens with zero attached hydrogens (tertiary/aromatic N) is 1. The molecule has 0 aliphatic rings. The maximum atomic E-state index is 12.3. The SMILES string of the molecule is CCOc1ccc(NC(=O)CNc2ccc(OCC(F)(F)F)c(C#N)c2)cc1OCC. The van der Waals surface area contributed by atoms with Gasteiger partial charge in [0.25, 0.3) is 0 Å². The minimum Gasteiger partial charge on any atom is -0.490 e. The van der Waals surface area contributed by atoms with Gasteiger partial charge in [-0.1, -0.05) is 0 Å². The normalized spacial score (nSPS) is 10.7. The second-order valence-electron chi connectivity index (χ2n) is 6.16. The number of carbonyl (C=O) groups is 1. The van der Waals surface area contributed by atoms with E-state index in [4.69, 9.17) is 14.7 Å². The number of nitrogens with one attached hydrogen (secondary N) is 2. The minimum absolute atomic E-state index is 0.0810. The molecular weight excluding hydrogens is 415 g/mol. The van der Waals surface area contributed by atoms with Gasteiger partial charge in [0, 0.05) is 17.4 Å². The third kappa shape index (κ3) is 7.62. The van der Waals surface area contributed by atoms with Gasteiger partial charge in [0.05, 0.1) is 25.3 Å². The summed E-state index contributed by atoms with van der Waals surface area (Å²) in [5.41, 5.74) is 0.808. The molecule has 0 aliphatic heterocycles. The van der Waals surface area contributed by atoms with Crippen LogP contribution in [0.5, 0.6) is 17.2 Å². The topological polar surface area (TPSA) is 92.6 Å². The molecule has 1 amide bonds. The number of carbonyl (C=O) groups excluding carboxylic acids is 1. The number of alkyl halides is 3. The molecule has 0 fully saturated rings.